The van der Waals surface area contributed by atoms with Crippen molar-refractivity contribution < 1.29 is 24.0 Å². The summed E-state index contributed by atoms with van der Waals surface area (Å²) in [6.07, 6.45) is 1.15. The maximum atomic E-state index is 11.6. The molecule has 0 spiro atoms. The summed E-state index contributed by atoms with van der Waals surface area (Å²) in [4.78, 5) is 26.6. The van der Waals surface area contributed by atoms with Gasteiger partial charge in [0, 0.05) is 0 Å². The lowest BCUT2D eigenvalue weighted by molar-refractivity contribution is -0.148. The topological polar surface area (TPSA) is 127 Å². The number of aliphatic carboxylic acids is 1. The molecule has 0 aromatic carbocycles. The Balaban J connectivity index is 1.86. The Hall–Kier alpha value is -2.16. The van der Waals surface area contributed by atoms with E-state index in [1.165, 1.54) is 6.92 Å². The van der Waals surface area contributed by atoms with Crippen LogP contribution in [0.4, 0.5) is 4.79 Å². The van der Waals surface area contributed by atoms with Gasteiger partial charge in [-0.2, -0.15) is 4.98 Å². The molecule has 0 radical (unpaired) electrons. The Morgan fingerprint density at radius 1 is 1.63 bits per heavy atom. The van der Waals surface area contributed by atoms with Crippen LogP contribution < -0.4 is 10.6 Å². The quantitative estimate of drug-likeness (QED) is 0.664. The Bertz CT molecular complexity index is 462. The number of amides is 2. The van der Waals surface area contributed by atoms with Crippen molar-refractivity contribution in [1.29, 1.82) is 0 Å². The third-order valence-electron chi connectivity index (χ3n) is 3.06. The molecule has 2 heterocycles. The molecule has 2 amide bonds. The van der Waals surface area contributed by atoms with Gasteiger partial charge >= 0.3 is 12.0 Å². The van der Waals surface area contributed by atoms with Gasteiger partial charge in [0.25, 0.3) is 0 Å². The summed E-state index contributed by atoms with van der Waals surface area (Å²) in [5.74, 6) is -0.674. The number of hydrogen-bond donors (Lipinski definition) is 3. The van der Waals surface area contributed by atoms with E-state index < -0.39 is 23.5 Å². The van der Waals surface area contributed by atoms with Crippen molar-refractivity contribution in [2.75, 3.05) is 13.2 Å². The highest BCUT2D eigenvalue weighted by atomic mass is 16.5. The van der Waals surface area contributed by atoms with Crippen LogP contribution in [0.5, 0.6) is 0 Å². The Kier molecular flexibility index (Phi) is 3.65. The van der Waals surface area contributed by atoms with E-state index in [4.69, 9.17) is 9.84 Å². The fraction of sp³-hybridized carbons (Fsp3) is 0.600. The van der Waals surface area contributed by atoms with Gasteiger partial charge in [0.2, 0.25) is 6.39 Å². The monoisotopic (exact) mass is 270 g/mol. The normalized spacial score (nSPS) is 26.1. The van der Waals surface area contributed by atoms with Crippen LogP contribution in [0.1, 0.15) is 12.7 Å². The Labute approximate surface area is 108 Å². The summed E-state index contributed by atoms with van der Waals surface area (Å²) in [6.45, 7) is 1.86. The van der Waals surface area contributed by atoms with Crippen molar-refractivity contribution in [3.63, 3.8) is 0 Å². The SMILES string of the molecule is CC1(C(=O)O)COCC1NC(=O)NCc1ncon1. The Morgan fingerprint density at radius 2 is 2.42 bits per heavy atom. The van der Waals surface area contributed by atoms with Crippen molar-refractivity contribution in [3.05, 3.63) is 12.2 Å². The molecule has 2 rings (SSSR count). The van der Waals surface area contributed by atoms with E-state index in [1.54, 1.807) is 0 Å². The number of carboxylic acid groups (broad SMARTS) is 1. The molecule has 1 aliphatic rings. The number of ether oxygens (including phenoxy) is 1. The maximum absolute atomic E-state index is 11.6. The van der Waals surface area contributed by atoms with E-state index in [2.05, 4.69) is 25.3 Å². The lowest BCUT2D eigenvalue weighted by Crippen LogP contribution is -2.52. The lowest BCUT2D eigenvalue weighted by atomic mass is 9.85. The highest BCUT2D eigenvalue weighted by molar-refractivity contribution is 5.79. The van der Waals surface area contributed by atoms with Gasteiger partial charge < -0.3 is 25.0 Å². The first-order valence-corrected chi connectivity index (χ1v) is 5.63. The molecule has 3 N–H and O–H groups in total. The molecule has 2 unspecified atom stereocenters. The number of carbonyl (C=O) groups is 2. The molecule has 0 aliphatic carbocycles. The van der Waals surface area contributed by atoms with Crippen LogP contribution in [-0.2, 0) is 16.1 Å². The number of carbonyl (C=O) groups excluding carboxylic acids is 1. The van der Waals surface area contributed by atoms with Crippen LogP contribution in [0.25, 0.3) is 0 Å². The van der Waals surface area contributed by atoms with Crippen LogP contribution in [0.2, 0.25) is 0 Å². The van der Waals surface area contributed by atoms with Gasteiger partial charge in [-0.25, -0.2) is 4.79 Å². The summed E-state index contributed by atoms with van der Waals surface area (Å²) < 4.78 is 9.64. The van der Waals surface area contributed by atoms with Crippen molar-refractivity contribution >= 4 is 12.0 Å². The fourth-order valence-electron chi connectivity index (χ4n) is 1.72. The molecule has 1 saturated heterocycles. The van der Waals surface area contributed by atoms with Gasteiger partial charge in [-0.3, -0.25) is 4.79 Å². The molecule has 104 valence electrons. The molecule has 1 aromatic rings. The average molecular weight is 270 g/mol. The van der Waals surface area contributed by atoms with E-state index in [0.29, 0.717) is 5.82 Å². The number of nitrogens with one attached hydrogen (secondary N) is 2. The van der Waals surface area contributed by atoms with Crippen LogP contribution in [-0.4, -0.2) is 46.5 Å². The van der Waals surface area contributed by atoms with Gasteiger partial charge in [-0.05, 0) is 6.92 Å². The summed E-state index contributed by atoms with van der Waals surface area (Å²) in [6, 6.07) is -1.09. The lowest BCUT2D eigenvalue weighted by Gasteiger charge is -2.25. The van der Waals surface area contributed by atoms with Crippen LogP contribution in [0.3, 0.4) is 0 Å². The number of urea groups is 1. The molecule has 1 fully saturated rings. The second-order valence-electron chi connectivity index (χ2n) is 4.46. The third-order valence-corrected chi connectivity index (χ3v) is 3.06. The summed E-state index contributed by atoms with van der Waals surface area (Å²) in [5, 5.41) is 17.8. The zero-order chi connectivity index (χ0) is 13.9. The van der Waals surface area contributed by atoms with E-state index in [0.717, 1.165) is 6.39 Å². The highest BCUT2D eigenvalue weighted by Crippen LogP contribution is 2.28. The number of rotatable bonds is 4. The minimum atomic E-state index is -1.12. The van der Waals surface area contributed by atoms with E-state index in [9.17, 15) is 9.59 Å². The zero-order valence-electron chi connectivity index (χ0n) is 10.3. The molecular formula is C10H14N4O5. The number of hydrogen-bond acceptors (Lipinski definition) is 6. The molecular weight excluding hydrogens is 256 g/mol. The average Bonchev–Trinajstić information content (AvgIpc) is 2.98. The molecule has 1 aromatic heterocycles. The minimum absolute atomic E-state index is 0.0676. The van der Waals surface area contributed by atoms with Crippen molar-refractivity contribution in [3.8, 4) is 0 Å². The third kappa shape index (κ3) is 2.81. The van der Waals surface area contributed by atoms with Gasteiger partial charge in [0.05, 0.1) is 25.8 Å². The first kappa shape index (κ1) is 13.3. The van der Waals surface area contributed by atoms with Gasteiger partial charge in [-0.1, -0.05) is 5.16 Å². The number of carboxylic acids is 1. The minimum Gasteiger partial charge on any atom is -0.481 e. The molecule has 0 saturated carbocycles. The van der Waals surface area contributed by atoms with Gasteiger partial charge in [0.15, 0.2) is 5.82 Å². The zero-order valence-corrected chi connectivity index (χ0v) is 10.3. The first-order valence-electron chi connectivity index (χ1n) is 5.63. The van der Waals surface area contributed by atoms with Gasteiger partial charge in [0.1, 0.15) is 5.41 Å². The number of nitrogens with zero attached hydrogens (tertiary/aromatic N) is 2. The summed E-state index contributed by atoms with van der Waals surface area (Å²) in [7, 11) is 0. The fourth-order valence-corrected chi connectivity index (χ4v) is 1.72. The Morgan fingerprint density at radius 3 is 3.05 bits per heavy atom. The standard InChI is InChI=1S/C10H14N4O5/c1-10(8(15)16)4-18-3-6(10)13-9(17)11-2-7-12-5-19-14-7/h5-6H,2-4H2,1H3,(H,15,16)(H2,11,13,17). The van der Waals surface area contributed by atoms with Crippen molar-refractivity contribution in [2.24, 2.45) is 5.41 Å². The number of aromatic nitrogens is 2. The molecule has 0 bridgehead atoms. The molecule has 1 aliphatic heterocycles. The van der Waals surface area contributed by atoms with E-state index >= 15 is 0 Å². The second-order valence-corrected chi connectivity index (χ2v) is 4.46. The largest absolute Gasteiger partial charge is 0.481 e. The molecule has 2 atom stereocenters. The molecule has 9 nitrogen and oxygen atoms in total. The predicted molar refractivity (Wildman–Crippen MR) is 60.0 cm³/mol. The predicted octanol–water partition coefficient (Wildman–Crippen LogP) is -0.641. The first-order chi connectivity index (χ1) is 9.02. The van der Waals surface area contributed by atoms with Crippen molar-refractivity contribution in [2.45, 2.75) is 19.5 Å². The second kappa shape index (κ2) is 5.22. The van der Waals surface area contributed by atoms with Crippen LogP contribution in [0.15, 0.2) is 10.9 Å². The highest BCUT2D eigenvalue weighted by Gasteiger charge is 2.47. The summed E-state index contributed by atoms with van der Waals surface area (Å²) >= 11 is 0. The van der Waals surface area contributed by atoms with Crippen LogP contribution in [0, 0.1) is 5.41 Å². The molecule has 19 heavy (non-hydrogen) atoms. The van der Waals surface area contributed by atoms with E-state index in [-0.39, 0.29) is 19.8 Å². The molecule has 9 heteroatoms. The van der Waals surface area contributed by atoms with Crippen LogP contribution >= 0.6 is 0 Å². The summed E-state index contributed by atoms with van der Waals surface area (Å²) in [5.41, 5.74) is -1.12. The van der Waals surface area contributed by atoms with Crippen molar-refractivity contribution in [1.82, 2.24) is 20.8 Å². The smallest absolute Gasteiger partial charge is 0.315 e. The van der Waals surface area contributed by atoms with E-state index in [1.807, 2.05) is 0 Å². The maximum Gasteiger partial charge on any atom is 0.315 e. The van der Waals surface area contributed by atoms with Gasteiger partial charge in [-0.15, -0.1) is 0 Å².